The largest absolute Gasteiger partial charge is 0.493 e. The van der Waals surface area contributed by atoms with Gasteiger partial charge in [0.1, 0.15) is 12.2 Å². The molecule has 4 N–H and O–H groups in total. The van der Waals surface area contributed by atoms with Crippen LogP contribution in [0.4, 0.5) is 0 Å². The molecule has 7 heteroatoms. The fourth-order valence-corrected chi connectivity index (χ4v) is 3.36. The SMILES string of the molecule is COc1cc2c(cc1OC)[C@H]1C[C@H](O)C(O)C(O)[C@@H]1NC2=O. The van der Waals surface area contributed by atoms with E-state index in [9.17, 15) is 20.1 Å². The Morgan fingerprint density at radius 1 is 1.09 bits per heavy atom. The number of carbonyl (C=O) groups excluding carboxylic acids is 1. The van der Waals surface area contributed by atoms with Gasteiger partial charge in [0.25, 0.3) is 5.91 Å². The highest BCUT2D eigenvalue weighted by atomic mass is 16.5. The van der Waals surface area contributed by atoms with Gasteiger partial charge in [0, 0.05) is 11.5 Å². The lowest BCUT2D eigenvalue weighted by atomic mass is 9.72. The number of hydrogen-bond acceptors (Lipinski definition) is 6. The molecular formula is C15H19NO6. The number of rotatable bonds is 2. The summed E-state index contributed by atoms with van der Waals surface area (Å²) in [6.45, 7) is 0. The number of methoxy groups -OCH3 is 2. The molecule has 1 aliphatic heterocycles. The van der Waals surface area contributed by atoms with Gasteiger partial charge < -0.3 is 30.1 Å². The minimum atomic E-state index is -1.27. The highest BCUT2D eigenvalue weighted by molar-refractivity contribution is 5.98. The Morgan fingerprint density at radius 2 is 1.73 bits per heavy atom. The number of fused-ring (bicyclic) bond motifs is 3. The number of nitrogens with one attached hydrogen (secondary N) is 1. The minimum absolute atomic E-state index is 0.242. The van der Waals surface area contributed by atoms with Crippen LogP contribution in [0.25, 0.3) is 0 Å². The second-order valence-electron chi connectivity index (χ2n) is 5.68. The standard InChI is InChI=1S/C15H19NO6/c1-21-10-4-6-7-3-9(17)13(18)14(19)12(7)16-15(20)8(6)5-11(10)22-2/h4-5,7,9,12-14,17-19H,3H2,1-2H3,(H,16,20)/t7-,9+,12-,13?,14?/m1/s1. The number of aliphatic hydroxyl groups excluding tert-OH is 3. The van der Waals surface area contributed by atoms with E-state index in [-0.39, 0.29) is 18.2 Å². The summed E-state index contributed by atoms with van der Waals surface area (Å²) >= 11 is 0. The fraction of sp³-hybridized carbons (Fsp3) is 0.533. The number of carbonyl (C=O) groups is 1. The molecule has 2 aliphatic rings. The van der Waals surface area contributed by atoms with Crippen LogP contribution in [-0.2, 0) is 0 Å². The molecule has 3 rings (SSSR count). The third kappa shape index (κ3) is 2.13. The molecule has 1 aliphatic carbocycles. The number of aliphatic hydroxyl groups is 3. The molecule has 7 nitrogen and oxygen atoms in total. The first-order valence-electron chi connectivity index (χ1n) is 7.09. The quantitative estimate of drug-likeness (QED) is 0.580. The van der Waals surface area contributed by atoms with E-state index < -0.39 is 24.4 Å². The van der Waals surface area contributed by atoms with Crippen molar-refractivity contribution >= 4 is 5.91 Å². The molecule has 1 heterocycles. The maximum Gasteiger partial charge on any atom is 0.252 e. The molecule has 1 saturated carbocycles. The molecule has 120 valence electrons. The van der Waals surface area contributed by atoms with E-state index >= 15 is 0 Å². The fourth-order valence-electron chi connectivity index (χ4n) is 3.36. The maximum absolute atomic E-state index is 12.3. The molecule has 22 heavy (non-hydrogen) atoms. The summed E-state index contributed by atoms with van der Waals surface area (Å²) in [4.78, 5) is 12.3. The predicted molar refractivity (Wildman–Crippen MR) is 76.2 cm³/mol. The van der Waals surface area contributed by atoms with E-state index in [0.717, 1.165) is 0 Å². The van der Waals surface area contributed by atoms with E-state index in [2.05, 4.69) is 5.32 Å². The smallest absolute Gasteiger partial charge is 0.252 e. The first kappa shape index (κ1) is 15.1. The normalized spacial score (nSPS) is 33.5. The molecule has 1 amide bonds. The number of hydrogen-bond donors (Lipinski definition) is 4. The highest BCUT2D eigenvalue weighted by Gasteiger charge is 2.47. The Bertz CT molecular complexity index is 604. The molecule has 1 fully saturated rings. The summed E-state index contributed by atoms with van der Waals surface area (Å²) in [5.41, 5.74) is 1.10. The summed E-state index contributed by atoms with van der Waals surface area (Å²) < 4.78 is 10.5. The molecule has 5 atom stereocenters. The van der Waals surface area contributed by atoms with Crippen LogP contribution < -0.4 is 14.8 Å². The van der Waals surface area contributed by atoms with Crippen LogP contribution in [0.2, 0.25) is 0 Å². The zero-order chi connectivity index (χ0) is 16.0. The molecule has 0 radical (unpaired) electrons. The van der Waals surface area contributed by atoms with E-state index in [1.165, 1.54) is 14.2 Å². The lowest BCUT2D eigenvalue weighted by Crippen LogP contribution is -2.61. The first-order valence-corrected chi connectivity index (χ1v) is 7.09. The highest BCUT2D eigenvalue weighted by Crippen LogP contribution is 2.42. The van der Waals surface area contributed by atoms with Crippen molar-refractivity contribution in [1.82, 2.24) is 5.32 Å². The number of ether oxygens (including phenoxy) is 2. The molecule has 1 aromatic carbocycles. The van der Waals surface area contributed by atoms with Gasteiger partial charge in [-0.1, -0.05) is 0 Å². The lowest BCUT2D eigenvalue weighted by molar-refractivity contribution is -0.104. The summed E-state index contributed by atoms with van der Waals surface area (Å²) in [5, 5.41) is 32.6. The van der Waals surface area contributed by atoms with Gasteiger partial charge in [0.2, 0.25) is 0 Å². The van der Waals surface area contributed by atoms with Gasteiger partial charge in [0.15, 0.2) is 11.5 Å². The topological polar surface area (TPSA) is 108 Å². The lowest BCUT2D eigenvalue weighted by Gasteiger charge is -2.44. The summed E-state index contributed by atoms with van der Waals surface area (Å²) in [6, 6.07) is 2.64. The van der Waals surface area contributed by atoms with Crippen molar-refractivity contribution in [2.24, 2.45) is 0 Å². The minimum Gasteiger partial charge on any atom is -0.493 e. The van der Waals surface area contributed by atoms with E-state index in [1.807, 2.05) is 0 Å². The van der Waals surface area contributed by atoms with Crippen LogP contribution in [0, 0.1) is 0 Å². The van der Waals surface area contributed by atoms with E-state index in [1.54, 1.807) is 12.1 Å². The average molecular weight is 309 g/mol. The second kappa shape index (κ2) is 5.42. The number of amides is 1. The number of benzene rings is 1. The first-order chi connectivity index (χ1) is 10.5. The monoisotopic (exact) mass is 309 g/mol. The Hall–Kier alpha value is -1.83. The van der Waals surface area contributed by atoms with E-state index in [0.29, 0.717) is 22.6 Å². The van der Waals surface area contributed by atoms with Crippen LogP contribution in [0.5, 0.6) is 11.5 Å². The van der Waals surface area contributed by atoms with Crippen molar-refractivity contribution in [2.45, 2.75) is 36.7 Å². The van der Waals surface area contributed by atoms with Gasteiger partial charge >= 0.3 is 0 Å². The van der Waals surface area contributed by atoms with Crippen molar-refractivity contribution in [2.75, 3.05) is 14.2 Å². The van der Waals surface area contributed by atoms with Crippen molar-refractivity contribution < 1.29 is 29.6 Å². The Kier molecular flexibility index (Phi) is 3.72. The van der Waals surface area contributed by atoms with Gasteiger partial charge in [-0.3, -0.25) is 4.79 Å². The van der Waals surface area contributed by atoms with Crippen molar-refractivity contribution in [3.8, 4) is 11.5 Å². The predicted octanol–water partition coefficient (Wildman–Crippen LogP) is -0.614. The summed E-state index contributed by atoms with van der Waals surface area (Å²) in [5.74, 6) is 0.261. The van der Waals surface area contributed by atoms with Gasteiger partial charge in [-0.2, -0.15) is 0 Å². The molecule has 0 spiro atoms. The Morgan fingerprint density at radius 3 is 2.36 bits per heavy atom. The van der Waals surface area contributed by atoms with E-state index in [4.69, 9.17) is 9.47 Å². The van der Waals surface area contributed by atoms with Crippen LogP contribution in [0.15, 0.2) is 12.1 Å². The van der Waals surface area contributed by atoms with Gasteiger partial charge in [-0.15, -0.1) is 0 Å². The maximum atomic E-state index is 12.3. The third-order valence-corrected chi connectivity index (χ3v) is 4.54. The van der Waals surface area contributed by atoms with Crippen LogP contribution in [0.3, 0.4) is 0 Å². The van der Waals surface area contributed by atoms with Crippen LogP contribution in [0.1, 0.15) is 28.3 Å². The zero-order valence-corrected chi connectivity index (χ0v) is 12.3. The van der Waals surface area contributed by atoms with Gasteiger partial charge in [0.05, 0.1) is 26.4 Å². The average Bonchev–Trinajstić information content (AvgIpc) is 2.53. The second-order valence-corrected chi connectivity index (χ2v) is 5.68. The van der Waals surface area contributed by atoms with Crippen molar-refractivity contribution in [3.63, 3.8) is 0 Å². The van der Waals surface area contributed by atoms with Crippen molar-refractivity contribution in [1.29, 1.82) is 0 Å². The molecule has 2 unspecified atom stereocenters. The molecule has 0 aromatic heterocycles. The molecule has 0 bridgehead atoms. The zero-order valence-electron chi connectivity index (χ0n) is 12.3. The molecular weight excluding hydrogens is 290 g/mol. The summed E-state index contributed by atoms with van der Waals surface area (Å²) in [7, 11) is 2.98. The van der Waals surface area contributed by atoms with Gasteiger partial charge in [-0.25, -0.2) is 0 Å². The van der Waals surface area contributed by atoms with Crippen LogP contribution >= 0.6 is 0 Å². The third-order valence-electron chi connectivity index (χ3n) is 4.54. The molecule has 1 aromatic rings. The van der Waals surface area contributed by atoms with Crippen molar-refractivity contribution in [3.05, 3.63) is 23.3 Å². The van der Waals surface area contributed by atoms with Gasteiger partial charge in [-0.05, 0) is 24.1 Å². The van der Waals surface area contributed by atoms with Crippen LogP contribution in [-0.4, -0.2) is 59.8 Å². The Balaban J connectivity index is 2.10. The Labute approximate surface area is 127 Å². The summed E-state index contributed by atoms with van der Waals surface area (Å²) in [6.07, 6.45) is -3.31. The molecule has 0 saturated heterocycles.